The van der Waals surface area contributed by atoms with Gasteiger partial charge in [-0.05, 0) is 35.7 Å². The van der Waals surface area contributed by atoms with Crippen molar-refractivity contribution in [2.45, 2.75) is 39.5 Å². The van der Waals surface area contributed by atoms with Crippen molar-refractivity contribution in [1.29, 1.82) is 0 Å². The van der Waals surface area contributed by atoms with Gasteiger partial charge in [0.2, 0.25) is 0 Å². The molecule has 0 unspecified atom stereocenters. The van der Waals surface area contributed by atoms with E-state index < -0.39 is 0 Å². The Bertz CT molecular complexity index is 958. The van der Waals surface area contributed by atoms with Crippen molar-refractivity contribution in [3.63, 3.8) is 0 Å². The zero-order valence-electron chi connectivity index (χ0n) is 16.6. The van der Waals surface area contributed by atoms with Crippen LogP contribution in [-0.2, 0) is 0 Å². The Labute approximate surface area is 183 Å². The third-order valence-electron chi connectivity index (χ3n) is 4.65. The van der Waals surface area contributed by atoms with E-state index in [0.29, 0.717) is 13.2 Å². The van der Waals surface area contributed by atoms with Gasteiger partial charge in [0.1, 0.15) is 11.0 Å². The van der Waals surface area contributed by atoms with E-state index >= 15 is 0 Å². The molecule has 1 aromatic carbocycles. The van der Waals surface area contributed by atoms with Gasteiger partial charge in [-0.1, -0.05) is 38.8 Å². The Hall–Kier alpha value is -1.96. The number of benzene rings is 1. The molecule has 4 rings (SSSR count). The topological polar surface area (TPSA) is 44.2 Å². The summed E-state index contributed by atoms with van der Waals surface area (Å²) in [6, 6.07) is 8.36. The lowest BCUT2D eigenvalue weighted by Crippen LogP contribution is -2.05. The summed E-state index contributed by atoms with van der Waals surface area (Å²) in [4.78, 5) is 2.26. The number of fused-ring (bicyclic) bond motifs is 1. The molecule has 0 radical (unpaired) electrons. The van der Waals surface area contributed by atoms with Gasteiger partial charge in [0, 0.05) is 9.75 Å². The van der Waals surface area contributed by atoms with Crippen molar-refractivity contribution >= 4 is 45.4 Å². The normalized spacial score (nSPS) is 11.2. The van der Waals surface area contributed by atoms with Gasteiger partial charge >= 0.3 is 0 Å². The van der Waals surface area contributed by atoms with Crippen LogP contribution in [0.3, 0.4) is 0 Å². The molecule has 29 heavy (non-hydrogen) atoms. The number of hydrogen-bond acceptors (Lipinski definition) is 7. The lowest BCUT2D eigenvalue weighted by Gasteiger charge is -2.19. The predicted molar refractivity (Wildman–Crippen MR) is 125 cm³/mol. The fraction of sp³-hybridized carbons (Fsp3) is 0.364. The maximum Gasteiger partial charge on any atom is 0.172 e. The van der Waals surface area contributed by atoms with Crippen molar-refractivity contribution in [2.75, 3.05) is 13.2 Å². The first kappa shape index (κ1) is 20.3. The van der Waals surface area contributed by atoms with E-state index in [1.165, 1.54) is 11.7 Å². The average Bonchev–Trinajstić information content (AvgIpc) is 3.50. The Morgan fingerprint density at radius 3 is 1.62 bits per heavy atom. The molecule has 0 aliphatic heterocycles. The highest BCUT2D eigenvalue weighted by Gasteiger charge is 2.27. The summed E-state index contributed by atoms with van der Waals surface area (Å²) in [6.07, 6.45) is 4.16. The van der Waals surface area contributed by atoms with Gasteiger partial charge in [-0.3, -0.25) is 0 Å². The maximum atomic E-state index is 6.40. The van der Waals surface area contributed by atoms with E-state index in [-0.39, 0.29) is 0 Å². The van der Waals surface area contributed by atoms with Crippen LogP contribution in [0.25, 0.3) is 31.9 Å². The SMILES string of the molecule is CCCCOc1c(OCCCC)c(-c2cccs2)c2nsnc2c1-c1cccs1. The van der Waals surface area contributed by atoms with Gasteiger partial charge in [-0.25, -0.2) is 0 Å². The highest BCUT2D eigenvalue weighted by Crippen LogP contribution is 2.52. The summed E-state index contributed by atoms with van der Waals surface area (Å²) in [5.41, 5.74) is 3.81. The van der Waals surface area contributed by atoms with Gasteiger partial charge in [0.15, 0.2) is 11.5 Å². The first-order chi connectivity index (χ1) is 14.3. The van der Waals surface area contributed by atoms with E-state index in [1.54, 1.807) is 22.7 Å². The van der Waals surface area contributed by atoms with Crippen molar-refractivity contribution in [3.8, 4) is 32.4 Å². The van der Waals surface area contributed by atoms with Crippen LogP contribution in [0.5, 0.6) is 11.5 Å². The summed E-state index contributed by atoms with van der Waals surface area (Å²) < 4.78 is 22.2. The molecule has 0 amide bonds. The third-order valence-corrected chi connectivity index (χ3v) is 6.95. The standard InChI is InChI=1S/C22H24N2O2S3/c1-3-5-11-25-21-17(15-9-7-13-27-15)19-20(24-29-23-19)18(16-10-8-14-28-16)22(21)26-12-6-4-2/h7-10,13-14H,3-6,11-12H2,1-2H3. The molecule has 0 saturated carbocycles. The van der Waals surface area contributed by atoms with Crippen LogP contribution in [0.15, 0.2) is 35.0 Å². The highest BCUT2D eigenvalue weighted by atomic mass is 32.1. The Morgan fingerprint density at radius 2 is 1.24 bits per heavy atom. The Morgan fingerprint density at radius 1 is 0.759 bits per heavy atom. The minimum atomic E-state index is 0.659. The number of thiophene rings is 2. The lowest BCUT2D eigenvalue weighted by atomic mass is 10.0. The van der Waals surface area contributed by atoms with E-state index in [0.717, 1.165) is 69.1 Å². The quantitative estimate of drug-likeness (QED) is 0.237. The molecule has 152 valence electrons. The van der Waals surface area contributed by atoms with Crippen LogP contribution in [0.1, 0.15) is 39.5 Å². The van der Waals surface area contributed by atoms with E-state index in [9.17, 15) is 0 Å². The second kappa shape index (κ2) is 9.69. The molecule has 3 heterocycles. The molecule has 0 spiro atoms. The maximum absolute atomic E-state index is 6.40. The number of nitrogens with zero attached hydrogens (tertiary/aromatic N) is 2. The van der Waals surface area contributed by atoms with Crippen molar-refractivity contribution in [2.24, 2.45) is 0 Å². The highest BCUT2D eigenvalue weighted by molar-refractivity contribution is 7.14. The summed E-state index contributed by atoms with van der Waals surface area (Å²) >= 11 is 4.63. The number of hydrogen-bond donors (Lipinski definition) is 0. The minimum Gasteiger partial charge on any atom is -0.489 e. The third kappa shape index (κ3) is 4.17. The summed E-state index contributed by atoms with van der Waals surface area (Å²) in [5.74, 6) is 1.61. The molecule has 0 N–H and O–H groups in total. The monoisotopic (exact) mass is 444 g/mol. The van der Waals surface area contributed by atoms with Crippen LogP contribution < -0.4 is 9.47 Å². The molecule has 0 saturated heterocycles. The summed E-state index contributed by atoms with van der Waals surface area (Å²) in [7, 11) is 0. The second-order valence-corrected chi connectivity index (χ2v) is 9.15. The van der Waals surface area contributed by atoms with Crippen LogP contribution >= 0.6 is 34.4 Å². The molecule has 0 bridgehead atoms. The van der Waals surface area contributed by atoms with Gasteiger partial charge in [0.05, 0.1) is 36.1 Å². The molecule has 4 nitrogen and oxygen atoms in total. The molecule has 4 aromatic rings. The molecule has 0 atom stereocenters. The Balaban J connectivity index is 1.98. The van der Waals surface area contributed by atoms with E-state index in [2.05, 4.69) is 57.6 Å². The van der Waals surface area contributed by atoms with Crippen molar-refractivity contribution in [1.82, 2.24) is 8.75 Å². The fourth-order valence-electron chi connectivity index (χ4n) is 3.17. The van der Waals surface area contributed by atoms with E-state index in [1.807, 2.05) is 0 Å². The number of aromatic nitrogens is 2. The summed E-state index contributed by atoms with van der Waals surface area (Å²) in [6.45, 7) is 5.66. The molecular formula is C22H24N2O2S3. The molecule has 0 aliphatic rings. The minimum absolute atomic E-state index is 0.659. The smallest absolute Gasteiger partial charge is 0.172 e. The van der Waals surface area contributed by atoms with Crippen LogP contribution in [0.2, 0.25) is 0 Å². The van der Waals surface area contributed by atoms with Gasteiger partial charge < -0.3 is 9.47 Å². The molecule has 3 aromatic heterocycles. The lowest BCUT2D eigenvalue weighted by molar-refractivity contribution is 0.264. The van der Waals surface area contributed by atoms with Crippen LogP contribution in [-0.4, -0.2) is 22.0 Å². The van der Waals surface area contributed by atoms with Crippen molar-refractivity contribution < 1.29 is 9.47 Å². The molecular weight excluding hydrogens is 420 g/mol. The number of unbranched alkanes of at least 4 members (excludes halogenated alkanes) is 2. The van der Waals surface area contributed by atoms with Gasteiger partial charge in [-0.15, -0.1) is 22.7 Å². The summed E-state index contributed by atoms with van der Waals surface area (Å²) in [5, 5.41) is 4.17. The van der Waals surface area contributed by atoms with Crippen LogP contribution in [0.4, 0.5) is 0 Å². The molecule has 0 aliphatic carbocycles. The largest absolute Gasteiger partial charge is 0.489 e. The predicted octanol–water partition coefficient (Wildman–Crippen LogP) is 7.51. The number of rotatable bonds is 10. The van der Waals surface area contributed by atoms with Crippen LogP contribution in [0, 0.1) is 0 Å². The molecule has 7 heteroatoms. The Kier molecular flexibility index (Phi) is 6.79. The van der Waals surface area contributed by atoms with Crippen molar-refractivity contribution in [3.05, 3.63) is 35.0 Å². The molecule has 0 fully saturated rings. The van der Waals surface area contributed by atoms with E-state index in [4.69, 9.17) is 9.47 Å². The number of ether oxygens (including phenoxy) is 2. The first-order valence-electron chi connectivity index (χ1n) is 10.0. The first-order valence-corrected chi connectivity index (χ1v) is 12.5. The zero-order valence-corrected chi connectivity index (χ0v) is 19.1. The fourth-order valence-corrected chi connectivity index (χ4v) is 5.27. The zero-order chi connectivity index (χ0) is 20.1. The second-order valence-electron chi connectivity index (χ2n) is 6.73. The van der Waals surface area contributed by atoms with Gasteiger partial charge in [-0.2, -0.15) is 8.75 Å². The van der Waals surface area contributed by atoms with Gasteiger partial charge in [0.25, 0.3) is 0 Å². The average molecular weight is 445 g/mol.